The normalized spacial score (nSPS) is 10.4. The Hall–Kier alpha value is -3.15. The number of nitrogens with one attached hydrogen (secondary N) is 2. The number of nitrogens with zero attached hydrogens (tertiary/aromatic N) is 1. The molecule has 0 atom stereocenters. The minimum absolute atomic E-state index is 0.112. The van der Waals surface area contributed by atoms with Crippen LogP contribution in [0.4, 0.5) is 0 Å². The molecular formula is C17H17N3O3. The molecule has 23 heavy (non-hydrogen) atoms. The van der Waals surface area contributed by atoms with Crippen LogP contribution < -0.4 is 10.7 Å². The van der Waals surface area contributed by atoms with Gasteiger partial charge in [-0.2, -0.15) is 5.10 Å². The molecule has 2 aromatic carbocycles. The van der Waals surface area contributed by atoms with Gasteiger partial charge in [-0.25, -0.2) is 5.43 Å². The van der Waals surface area contributed by atoms with Gasteiger partial charge < -0.3 is 10.4 Å². The first-order valence-corrected chi connectivity index (χ1v) is 7.05. The molecule has 0 aliphatic carbocycles. The van der Waals surface area contributed by atoms with Crippen LogP contribution in [0, 0.1) is 0 Å². The summed E-state index contributed by atoms with van der Waals surface area (Å²) in [5.74, 6) is -0.772. The molecule has 0 fully saturated rings. The second-order valence-electron chi connectivity index (χ2n) is 4.83. The molecule has 0 heterocycles. The van der Waals surface area contributed by atoms with Gasteiger partial charge in [0.1, 0.15) is 12.2 Å². The molecule has 0 radical (unpaired) electrons. The maximum Gasteiger partial charge on any atom is 0.249 e. The predicted octanol–water partition coefficient (Wildman–Crippen LogP) is 1.55. The monoisotopic (exact) mass is 311 g/mol. The highest BCUT2D eigenvalue weighted by Crippen LogP contribution is 2.08. The fraction of sp³-hybridized carbons (Fsp3) is 0.118. The summed E-state index contributed by atoms with van der Waals surface area (Å²) >= 11 is 0. The van der Waals surface area contributed by atoms with Crippen molar-refractivity contribution in [1.29, 1.82) is 0 Å². The molecule has 6 heteroatoms. The van der Waals surface area contributed by atoms with Crippen molar-refractivity contribution in [1.82, 2.24) is 10.7 Å². The number of amides is 2. The van der Waals surface area contributed by atoms with E-state index in [1.165, 1.54) is 18.3 Å². The Morgan fingerprint density at radius 1 is 1.04 bits per heavy atom. The van der Waals surface area contributed by atoms with E-state index >= 15 is 0 Å². The Labute approximate surface area is 133 Å². The average molecular weight is 311 g/mol. The topological polar surface area (TPSA) is 90.8 Å². The van der Waals surface area contributed by atoms with Crippen molar-refractivity contribution in [2.75, 3.05) is 0 Å². The number of aromatic hydroxyl groups is 1. The first kappa shape index (κ1) is 16.2. The number of benzene rings is 2. The van der Waals surface area contributed by atoms with Crippen molar-refractivity contribution >= 4 is 18.0 Å². The van der Waals surface area contributed by atoms with Crippen molar-refractivity contribution < 1.29 is 14.7 Å². The highest BCUT2D eigenvalue weighted by Gasteiger charge is 2.08. The lowest BCUT2D eigenvalue weighted by molar-refractivity contribution is -0.129. The molecule has 2 rings (SSSR count). The summed E-state index contributed by atoms with van der Waals surface area (Å²) in [7, 11) is 0. The van der Waals surface area contributed by atoms with Crippen LogP contribution in [0.2, 0.25) is 0 Å². The third-order valence-electron chi connectivity index (χ3n) is 2.93. The van der Waals surface area contributed by atoms with Gasteiger partial charge in [0.25, 0.3) is 0 Å². The quantitative estimate of drug-likeness (QED) is 0.429. The van der Waals surface area contributed by atoms with Crippen molar-refractivity contribution in [3.63, 3.8) is 0 Å². The summed E-state index contributed by atoms with van der Waals surface area (Å²) in [6.45, 7) is 0.375. The number of carbonyl (C=O) groups is 2. The summed E-state index contributed by atoms with van der Waals surface area (Å²) in [5.41, 5.74) is 3.87. The molecule has 0 bridgehead atoms. The van der Waals surface area contributed by atoms with Gasteiger partial charge in [0.2, 0.25) is 11.8 Å². The van der Waals surface area contributed by atoms with Crippen LogP contribution in [0.1, 0.15) is 17.5 Å². The molecule has 2 amide bonds. The maximum absolute atomic E-state index is 11.6. The Morgan fingerprint density at radius 3 is 2.57 bits per heavy atom. The zero-order valence-electron chi connectivity index (χ0n) is 12.4. The Kier molecular flexibility index (Phi) is 5.88. The predicted molar refractivity (Wildman–Crippen MR) is 86.7 cm³/mol. The first-order valence-electron chi connectivity index (χ1n) is 7.05. The lowest BCUT2D eigenvalue weighted by Gasteiger charge is -2.04. The summed E-state index contributed by atoms with van der Waals surface area (Å²) in [6, 6.07) is 15.9. The van der Waals surface area contributed by atoms with Crippen LogP contribution in [0.15, 0.2) is 59.7 Å². The zero-order chi connectivity index (χ0) is 16.5. The average Bonchev–Trinajstić information content (AvgIpc) is 2.54. The first-order chi connectivity index (χ1) is 11.1. The third kappa shape index (κ3) is 6.01. The molecule has 0 aromatic heterocycles. The number of carbonyl (C=O) groups excluding carboxylic acids is 2. The Balaban J connectivity index is 1.72. The van der Waals surface area contributed by atoms with Gasteiger partial charge >= 0.3 is 0 Å². The van der Waals surface area contributed by atoms with Gasteiger partial charge in [-0.1, -0.05) is 42.5 Å². The molecule has 0 aliphatic heterocycles. The van der Waals surface area contributed by atoms with E-state index in [2.05, 4.69) is 15.8 Å². The van der Waals surface area contributed by atoms with E-state index in [4.69, 9.17) is 0 Å². The molecule has 0 aliphatic rings. The minimum atomic E-state index is -0.507. The number of hydrogen-bond donors (Lipinski definition) is 3. The van der Waals surface area contributed by atoms with Gasteiger partial charge in [-0.15, -0.1) is 0 Å². The molecule has 0 unspecified atom stereocenters. The maximum atomic E-state index is 11.6. The van der Waals surface area contributed by atoms with Gasteiger partial charge in [0.15, 0.2) is 0 Å². The van der Waals surface area contributed by atoms with E-state index in [1.807, 2.05) is 30.3 Å². The summed E-state index contributed by atoms with van der Waals surface area (Å²) in [4.78, 5) is 23.2. The van der Waals surface area contributed by atoms with Crippen molar-refractivity contribution in [3.8, 4) is 5.75 Å². The molecular weight excluding hydrogens is 294 g/mol. The number of rotatable bonds is 6. The number of hydrogen-bond acceptors (Lipinski definition) is 4. The van der Waals surface area contributed by atoms with Crippen molar-refractivity contribution in [2.24, 2.45) is 5.10 Å². The molecule has 0 spiro atoms. The van der Waals surface area contributed by atoms with Crippen LogP contribution in [-0.4, -0.2) is 23.1 Å². The van der Waals surface area contributed by atoms with Crippen molar-refractivity contribution in [3.05, 3.63) is 65.7 Å². The van der Waals surface area contributed by atoms with E-state index in [1.54, 1.807) is 12.1 Å². The van der Waals surface area contributed by atoms with E-state index in [-0.39, 0.29) is 18.1 Å². The fourth-order valence-corrected chi connectivity index (χ4v) is 1.83. The van der Waals surface area contributed by atoms with Crippen molar-refractivity contribution in [2.45, 2.75) is 13.0 Å². The Morgan fingerprint density at radius 2 is 1.83 bits per heavy atom. The van der Waals surface area contributed by atoms with Gasteiger partial charge in [0, 0.05) is 6.54 Å². The lowest BCUT2D eigenvalue weighted by Crippen LogP contribution is -2.29. The number of phenolic OH excluding ortho intramolecular Hbond substituents is 1. The van der Waals surface area contributed by atoms with Crippen LogP contribution in [0.25, 0.3) is 0 Å². The third-order valence-corrected chi connectivity index (χ3v) is 2.93. The molecule has 0 saturated heterocycles. The molecule has 3 N–H and O–H groups in total. The van der Waals surface area contributed by atoms with Gasteiger partial charge in [-0.05, 0) is 23.3 Å². The fourth-order valence-electron chi connectivity index (χ4n) is 1.83. The lowest BCUT2D eigenvalue weighted by atomic mass is 10.2. The van der Waals surface area contributed by atoms with E-state index < -0.39 is 5.91 Å². The standard InChI is InChI=1S/C17H17N3O3/c21-15-8-4-7-14(9-15)12-19-20-17(23)10-16(22)18-11-13-5-2-1-3-6-13/h1-9,12,21H,10-11H2,(H,18,22)(H,20,23)/b19-12+. The highest BCUT2D eigenvalue weighted by atomic mass is 16.3. The molecule has 0 saturated carbocycles. The zero-order valence-corrected chi connectivity index (χ0v) is 12.4. The summed E-state index contributed by atoms with van der Waals surface area (Å²) < 4.78 is 0. The minimum Gasteiger partial charge on any atom is -0.508 e. The second-order valence-corrected chi connectivity index (χ2v) is 4.83. The van der Waals surface area contributed by atoms with Gasteiger partial charge in [0.05, 0.1) is 6.21 Å². The summed E-state index contributed by atoms with van der Waals surface area (Å²) in [6.07, 6.45) is 1.09. The SMILES string of the molecule is O=C(CC(=O)N/N=C/c1cccc(O)c1)NCc1ccccc1. The number of phenols is 1. The highest BCUT2D eigenvalue weighted by molar-refractivity contribution is 5.97. The second kappa shape index (κ2) is 8.33. The molecule has 2 aromatic rings. The molecule has 6 nitrogen and oxygen atoms in total. The van der Waals surface area contributed by atoms with Gasteiger partial charge in [-0.3, -0.25) is 9.59 Å². The molecule has 118 valence electrons. The van der Waals surface area contributed by atoms with E-state index in [9.17, 15) is 14.7 Å². The largest absolute Gasteiger partial charge is 0.508 e. The van der Waals surface area contributed by atoms with Crippen LogP contribution >= 0.6 is 0 Å². The smallest absolute Gasteiger partial charge is 0.249 e. The Bertz CT molecular complexity index is 699. The van der Waals surface area contributed by atoms with Crippen LogP contribution in [-0.2, 0) is 16.1 Å². The van der Waals surface area contributed by atoms with E-state index in [0.29, 0.717) is 12.1 Å². The van der Waals surface area contributed by atoms with Crippen LogP contribution in [0.5, 0.6) is 5.75 Å². The van der Waals surface area contributed by atoms with Crippen LogP contribution in [0.3, 0.4) is 0 Å². The number of hydrazone groups is 1. The van der Waals surface area contributed by atoms with E-state index in [0.717, 1.165) is 5.56 Å². The summed E-state index contributed by atoms with van der Waals surface area (Å²) in [5, 5.41) is 15.7.